The van der Waals surface area contributed by atoms with E-state index in [0.717, 1.165) is 0 Å². The van der Waals surface area contributed by atoms with Gasteiger partial charge < -0.3 is 15.4 Å². The van der Waals surface area contributed by atoms with E-state index in [-0.39, 0.29) is 17.5 Å². The van der Waals surface area contributed by atoms with Gasteiger partial charge in [-0.25, -0.2) is 14.4 Å². The number of aromatic nitrogens is 2. The molecule has 2 N–H and O–H groups in total. The van der Waals surface area contributed by atoms with Gasteiger partial charge in [-0.05, 0) is 38.1 Å². The van der Waals surface area contributed by atoms with Gasteiger partial charge in [-0.2, -0.15) is 0 Å². The van der Waals surface area contributed by atoms with E-state index in [0.29, 0.717) is 17.3 Å². The molecule has 0 spiro atoms. The van der Waals surface area contributed by atoms with Gasteiger partial charge in [-0.15, -0.1) is 0 Å². The van der Waals surface area contributed by atoms with Gasteiger partial charge >= 0.3 is 0 Å². The first-order chi connectivity index (χ1) is 13.0. The number of carbonyl (C=O) groups excluding carboxylic acids is 1. The minimum atomic E-state index is -0.422. The maximum absolute atomic E-state index is 13.8. The molecule has 0 fully saturated rings. The zero-order valence-corrected chi connectivity index (χ0v) is 14.9. The Morgan fingerprint density at radius 1 is 1.04 bits per heavy atom. The molecule has 138 valence electrons. The lowest BCUT2D eigenvalue weighted by Crippen LogP contribution is -2.16. The summed E-state index contributed by atoms with van der Waals surface area (Å²) in [6.07, 6.45) is 1.22. The van der Waals surface area contributed by atoms with Gasteiger partial charge in [0.05, 0.1) is 17.5 Å². The lowest BCUT2D eigenvalue weighted by Gasteiger charge is -2.14. The molecule has 0 aliphatic heterocycles. The van der Waals surface area contributed by atoms with E-state index in [2.05, 4.69) is 20.6 Å². The molecule has 3 aromatic rings. The fraction of sp³-hybridized carbons (Fsp3) is 0.150. The van der Waals surface area contributed by atoms with Crippen molar-refractivity contribution in [1.29, 1.82) is 0 Å². The molecule has 27 heavy (non-hydrogen) atoms. The molecule has 0 atom stereocenters. The monoisotopic (exact) mass is 366 g/mol. The summed E-state index contributed by atoms with van der Waals surface area (Å²) in [5.74, 6) is 0.0437. The molecule has 0 unspecified atom stereocenters. The zero-order valence-electron chi connectivity index (χ0n) is 14.9. The van der Waals surface area contributed by atoms with Gasteiger partial charge in [0.15, 0.2) is 0 Å². The van der Waals surface area contributed by atoms with Crippen LogP contribution in [-0.4, -0.2) is 22.0 Å². The van der Waals surface area contributed by atoms with E-state index in [1.807, 2.05) is 19.9 Å². The van der Waals surface area contributed by atoms with Crippen molar-refractivity contribution in [2.24, 2.45) is 0 Å². The van der Waals surface area contributed by atoms with E-state index in [4.69, 9.17) is 4.74 Å². The Bertz CT molecular complexity index is 947. The second-order valence-electron chi connectivity index (χ2n) is 6.01. The highest BCUT2D eigenvalue weighted by Crippen LogP contribution is 2.25. The standard InChI is InChI=1S/C20H19FN4O2/c1-13(2)27-18-10-6-5-9-16(18)25-20(26)17-11-19(23-12-22-17)24-15-8-4-3-7-14(15)21/h3-13H,1-2H3,(H,25,26)(H,22,23,24). The maximum Gasteiger partial charge on any atom is 0.274 e. The molecule has 6 nitrogen and oxygen atoms in total. The third-order valence-electron chi connectivity index (χ3n) is 3.53. The third-order valence-corrected chi connectivity index (χ3v) is 3.53. The highest BCUT2D eigenvalue weighted by atomic mass is 19.1. The van der Waals surface area contributed by atoms with Crippen molar-refractivity contribution in [2.75, 3.05) is 10.6 Å². The number of rotatable bonds is 6. The van der Waals surface area contributed by atoms with Gasteiger partial charge in [0, 0.05) is 6.07 Å². The van der Waals surface area contributed by atoms with Crippen molar-refractivity contribution in [2.45, 2.75) is 20.0 Å². The summed E-state index contributed by atoms with van der Waals surface area (Å²) >= 11 is 0. The normalized spacial score (nSPS) is 10.5. The summed E-state index contributed by atoms with van der Waals surface area (Å²) in [7, 11) is 0. The maximum atomic E-state index is 13.8. The van der Waals surface area contributed by atoms with Crippen LogP contribution in [0.4, 0.5) is 21.6 Å². The Labute approximate surface area is 156 Å². The molecule has 0 saturated carbocycles. The molecule has 1 aromatic heterocycles. The van der Waals surface area contributed by atoms with Crippen LogP contribution >= 0.6 is 0 Å². The largest absolute Gasteiger partial charge is 0.489 e. The fourth-order valence-electron chi connectivity index (χ4n) is 2.36. The minimum Gasteiger partial charge on any atom is -0.489 e. The molecule has 2 aromatic carbocycles. The Balaban J connectivity index is 1.77. The van der Waals surface area contributed by atoms with E-state index in [1.165, 1.54) is 18.5 Å². The highest BCUT2D eigenvalue weighted by molar-refractivity contribution is 6.04. The summed E-state index contributed by atoms with van der Waals surface area (Å²) in [5, 5.41) is 5.62. The van der Waals surface area contributed by atoms with Crippen LogP contribution < -0.4 is 15.4 Å². The number of para-hydroxylation sites is 3. The van der Waals surface area contributed by atoms with E-state index < -0.39 is 11.7 Å². The van der Waals surface area contributed by atoms with Gasteiger partial charge in [0.1, 0.15) is 29.4 Å². The third kappa shape index (κ3) is 4.78. The van der Waals surface area contributed by atoms with Crippen molar-refractivity contribution in [3.8, 4) is 5.75 Å². The lowest BCUT2D eigenvalue weighted by molar-refractivity contribution is 0.102. The average molecular weight is 366 g/mol. The number of halogens is 1. The molecular weight excluding hydrogens is 347 g/mol. The molecule has 0 bridgehead atoms. The highest BCUT2D eigenvalue weighted by Gasteiger charge is 2.13. The molecule has 0 saturated heterocycles. The quantitative estimate of drug-likeness (QED) is 0.676. The van der Waals surface area contributed by atoms with Crippen LogP contribution in [0.15, 0.2) is 60.9 Å². The minimum absolute atomic E-state index is 0.0290. The predicted molar refractivity (Wildman–Crippen MR) is 102 cm³/mol. The lowest BCUT2D eigenvalue weighted by atomic mass is 10.2. The number of anilines is 3. The summed E-state index contributed by atoms with van der Waals surface area (Å²) in [5.41, 5.74) is 0.944. The van der Waals surface area contributed by atoms with Gasteiger partial charge in [-0.1, -0.05) is 24.3 Å². The average Bonchev–Trinajstić information content (AvgIpc) is 2.65. The summed E-state index contributed by atoms with van der Waals surface area (Å²) in [6.45, 7) is 3.81. The predicted octanol–water partition coefficient (Wildman–Crippen LogP) is 4.40. The first-order valence-corrected chi connectivity index (χ1v) is 8.43. The Morgan fingerprint density at radius 2 is 1.74 bits per heavy atom. The summed E-state index contributed by atoms with van der Waals surface area (Å²) in [6, 6.07) is 14.8. The number of ether oxygens (including phenoxy) is 1. The molecular formula is C20H19FN4O2. The van der Waals surface area contributed by atoms with E-state index in [1.54, 1.807) is 36.4 Å². The smallest absolute Gasteiger partial charge is 0.274 e. The summed E-state index contributed by atoms with van der Waals surface area (Å²) < 4.78 is 19.5. The Morgan fingerprint density at radius 3 is 2.48 bits per heavy atom. The van der Waals surface area contributed by atoms with Crippen LogP contribution in [-0.2, 0) is 0 Å². The van der Waals surface area contributed by atoms with Crippen molar-refractivity contribution < 1.29 is 13.9 Å². The fourth-order valence-corrected chi connectivity index (χ4v) is 2.36. The van der Waals surface area contributed by atoms with Gasteiger partial charge in [-0.3, -0.25) is 4.79 Å². The van der Waals surface area contributed by atoms with Crippen molar-refractivity contribution in [3.63, 3.8) is 0 Å². The van der Waals surface area contributed by atoms with Crippen LogP contribution in [0.3, 0.4) is 0 Å². The molecule has 1 amide bonds. The van der Waals surface area contributed by atoms with Crippen LogP contribution in [0.1, 0.15) is 24.3 Å². The Kier molecular flexibility index (Phi) is 5.61. The van der Waals surface area contributed by atoms with E-state index in [9.17, 15) is 9.18 Å². The molecule has 1 heterocycles. The number of carbonyl (C=O) groups is 1. The number of benzene rings is 2. The SMILES string of the molecule is CC(C)Oc1ccccc1NC(=O)c1cc(Nc2ccccc2F)ncn1. The van der Waals surface area contributed by atoms with Crippen molar-refractivity contribution in [1.82, 2.24) is 9.97 Å². The van der Waals surface area contributed by atoms with Crippen molar-refractivity contribution >= 4 is 23.1 Å². The number of nitrogens with zero attached hydrogens (tertiary/aromatic N) is 2. The molecule has 0 radical (unpaired) electrons. The molecule has 7 heteroatoms. The first-order valence-electron chi connectivity index (χ1n) is 8.43. The number of hydrogen-bond acceptors (Lipinski definition) is 5. The second kappa shape index (κ2) is 8.27. The second-order valence-corrected chi connectivity index (χ2v) is 6.01. The van der Waals surface area contributed by atoms with E-state index >= 15 is 0 Å². The van der Waals surface area contributed by atoms with Gasteiger partial charge in [0.2, 0.25) is 0 Å². The van der Waals surface area contributed by atoms with Crippen molar-refractivity contribution in [3.05, 3.63) is 72.4 Å². The van der Waals surface area contributed by atoms with Crippen LogP contribution in [0.2, 0.25) is 0 Å². The van der Waals surface area contributed by atoms with Crippen LogP contribution in [0.5, 0.6) is 5.75 Å². The molecule has 3 rings (SSSR count). The zero-order chi connectivity index (χ0) is 19.2. The van der Waals surface area contributed by atoms with Crippen LogP contribution in [0, 0.1) is 5.82 Å². The molecule has 0 aliphatic rings. The van der Waals surface area contributed by atoms with Gasteiger partial charge in [0.25, 0.3) is 5.91 Å². The van der Waals surface area contributed by atoms with Crippen LogP contribution in [0.25, 0.3) is 0 Å². The Hall–Kier alpha value is -3.48. The number of amides is 1. The first kappa shape index (κ1) is 18.3. The summed E-state index contributed by atoms with van der Waals surface area (Å²) in [4.78, 5) is 20.6. The number of nitrogens with one attached hydrogen (secondary N) is 2. The topological polar surface area (TPSA) is 76.1 Å². The molecule has 0 aliphatic carbocycles. The number of hydrogen-bond donors (Lipinski definition) is 2.